The molecule has 3 aromatic rings. The molecule has 0 bridgehead atoms. The molecule has 0 unspecified atom stereocenters. The van der Waals surface area contributed by atoms with E-state index >= 15 is 0 Å². The first-order valence-electron chi connectivity index (χ1n) is 6.35. The summed E-state index contributed by atoms with van der Waals surface area (Å²) in [5.41, 5.74) is 2.52. The fourth-order valence-electron chi connectivity index (χ4n) is 2.16. The number of benzene rings is 1. The van der Waals surface area contributed by atoms with E-state index in [1.165, 1.54) is 12.1 Å². The summed E-state index contributed by atoms with van der Waals surface area (Å²) < 4.78 is 1.72. The second-order valence-corrected chi connectivity index (χ2v) is 4.76. The number of non-ortho nitro benzene ring substituents is 1. The van der Waals surface area contributed by atoms with Crippen molar-refractivity contribution in [1.82, 2.24) is 14.8 Å². The Bertz CT molecular complexity index is 840. The summed E-state index contributed by atoms with van der Waals surface area (Å²) in [5.74, 6) is 0.674. The molecule has 106 valence electrons. The SMILES string of the molecule is Cc1nn(C)cc1Nc1ccc2cc([N+](=O)[O-])ccc2n1. The number of aromatic nitrogens is 3. The number of hydrogen-bond acceptors (Lipinski definition) is 5. The zero-order valence-corrected chi connectivity index (χ0v) is 11.6. The molecule has 0 aliphatic heterocycles. The van der Waals surface area contributed by atoms with E-state index in [0.29, 0.717) is 11.3 Å². The lowest BCUT2D eigenvalue weighted by Gasteiger charge is -2.05. The van der Waals surface area contributed by atoms with Crippen LogP contribution in [0.2, 0.25) is 0 Å². The van der Waals surface area contributed by atoms with Gasteiger partial charge in [-0.1, -0.05) is 0 Å². The monoisotopic (exact) mass is 283 g/mol. The highest BCUT2D eigenvalue weighted by molar-refractivity contribution is 5.83. The molecule has 2 aromatic heterocycles. The number of anilines is 2. The Morgan fingerprint density at radius 1 is 1.29 bits per heavy atom. The molecule has 7 nitrogen and oxygen atoms in total. The van der Waals surface area contributed by atoms with Crippen LogP contribution in [0.25, 0.3) is 10.9 Å². The maximum absolute atomic E-state index is 10.8. The molecule has 0 amide bonds. The predicted octanol–water partition coefficient (Wildman–Crippen LogP) is 2.93. The minimum atomic E-state index is -0.412. The van der Waals surface area contributed by atoms with Gasteiger partial charge in [-0.2, -0.15) is 5.10 Å². The number of nitro groups is 1. The fourth-order valence-corrected chi connectivity index (χ4v) is 2.16. The van der Waals surface area contributed by atoms with Gasteiger partial charge >= 0.3 is 0 Å². The van der Waals surface area contributed by atoms with Crippen LogP contribution in [0.1, 0.15) is 5.69 Å². The van der Waals surface area contributed by atoms with E-state index in [4.69, 9.17) is 0 Å². The quantitative estimate of drug-likeness (QED) is 0.590. The van der Waals surface area contributed by atoms with Gasteiger partial charge in [-0.25, -0.2) is 4.98 Å². The van der Waals surface area contributed by atoms with E-state index in [1.807, 2.05) is 26.2 Å². The first kappa shape index (κ1) is 13.0. The summed E-state index contributed by atoms with van der Waals surface area (Å²) in [5, 5.41) is 18.9. The average molecular weight is 283 g/mol. The maximum Gasteiger partial charge on any atom is 0.270 e. The van der Waals surface area contributed by atoms with Crippen LogP contribution in [-0.4, -0.2) is 19.7 Å². The minimum absolute atomic E-state index is 0.0631. The molecule has 0 saturated heterocycles. The zero-order chi connectivity index (χ0) is 15.0. The lowest BCUT2D eigenvalue weighted by molar-refractivity contribution is -0.384. The molecule has 0 spiro atoms. The van der Waals surface area contributed by atoms with Crippen LogP contribution in [0.4, 0.5) is 17.2 Å². The van der Waals surface area contributed by atoms with E-state index in [0.717, 1.165) is 16.8 Å². The number of pyridine rings is 1. The Labute approximate surface area is 120 Å². The van der Waals surface area contributed by atoms with E-state index in [9.17, 15) is 10.1 Å². The molecule has 0 radical (unpaired) electrons. The molecule has 3 rings (SSSR count). The zero-order valence-electron chi connectivity index (χ0n) is 11.6. The standard InChI is InChI=1S/C14H13N5O2/c1-9-13(8-18(2)17-9)16-14-6-3-10-7-11(19(20)21)4-5-12(10)15-14/h3-8H,1-2H3,(H,15,16). The summed E-state index contributed by atoms with van der Waals surface area (Å²) in [7, 11) is 1.85. The molecule has 21 heavy (non-hydrogen) atoms. The van der Waals surface area contributed by atoms with Gasteiger partial charge in [-0.15, -0.1) is 0 Å². The Balaban J connectivity index is 1.96. The summed E-state index contributed by atoms with van der Waals surface area (Å²) in [6, 6.07) is 8.21. The van der Waals surface area contributed by atoms with Crippen molar-refractivity contribution in [3.8, 4) is 0 Å². The molecule has 0 aliphatic rings. The number of nitrogens with one attached hydrogen (secondary N) is 1. The lowest BCUT2D eigenvalue weighted by Crippen LogP contribution is -1.95. The van der Waals surface area contributed by atoms with Crippen molar-refractivity contribution in [3.05, 3.63) is 52.3 Å². The Morgan fingerprint density at radius 2 is 2.10 bits per heavy atom. The van der Waals surface area contributed by atoms with Gasteiger partial charge in [0, 0.05) is 30.8 Å². The second kappa shape index (κ2) is 4.86. The van der Waals surface area contributed by atoms with Gasteiger partial charge in [0.15, 0.2) is 0 Å². The van der Waals surface area contributed by atoms with Crippen molar-refractivity contribution in [2.24, 2.45) is 7.05 Å². The number of nitrogens with zero attached hydrogens (tertiary/aromatic N) is 4. The highest BCUT2D eigenvalue weighted by Crippen LogP contribution is 2.23. The Kier molecular flexibility index (Phi) is 3.02. The molecule has 7 heteroatoms. The third-order valence-corrected chi connectivity index (χ3v) is 3.16. The molecular formula is C14H13N5O2. The molecule has 2 heterocycles. The van der Waals surface area contributed by atoms with Crippen molar-refractivity contribution in [1.29, 1.82) is 0 Å². The second-order valence-electron chi connectivity index (χ2n) is 4.76. The van der Waals surface area contributed by atoms with Crippen LogP contribution in [0.5, 0.6) is 0 Å². The number of rotatable bonds is 3. The van der Waals surface area contributed by atoms with E-state index < -0.39 is 4.92 Å². The molecule has 0 aliphatic carbocycles. The van der Waals surface area contributed by atoms with Crippen LogP contribution in [0.3, 0.4) is 0 Å². The van der Waals surface area contributed by atoms with E-state index in [1.54, 1.807) is 16.8 Å². The average Bonchev–Trinajstić information content (AvgIpc) is 2.76. The largest absolute Gasteiger partial charge is 0.337 e. The summed E-state index contributed by atoms with van der Waals surface area (Å²) in [6.45, 7) is 1.91. The van der Waals surface area contributed by atoms with Crippen molar-refractivity contribution in [3.63, 3.8) is 0 Å². The smallest absolute Gasteiger partial charge is 0.270 e. The van der Waals surface area contributed by atoms with E-state index in [2.05, 4.69) is 15.4 Å². The van der Waals surface area contributed by atoms with Crippen molar-refractivity contribution >= 4 is 28.1 Å². The van der Waals surface area contributed by atoms with E-state index in [-0.39, 0.29) is 5.69 Å². The summed E-state index contributed by atoms with van der Waals surface area (Å²) in [6.07, 6.45) is 1.87. The minimum Gasteiger partial charge on any atom is -0.337 e. The van der Waals surface area contributed by atoms with Crippen LogP contribution >= 0.6 is 0 Å². The van der Waals surface area contributed by atoms with Crippen molar-refractivity contribution < 1.29 is 4.92 Å². The van der Waals surface area contributed by atoms with Gasteiger partial charge in [0.2, 0.25) is 0 Å². The molecular weight excluding hydrogens is 270 g/mol. The molecule has 0 atom stereocenters. The highest BCUT2D eigenvalue weighted by atomic mass is 16.6. The van der Waals surface area contributed by atoms with Gasteiger partial charge in [-0.3, -0.25) is 14.8 Å². The van der Waals surface area contributed by atoms with Crippen molar-refractivity contribution in [2.75, 3.05) is 5.32 Å². The highest BCUT2D eigenvalue weighted by Gasteiger charge is 2.08. The van der Waals surface area contributed by atoms with Crippen LogP contribution < -0.4 is 5.32 Å². The normalized spacial score (nSPS) is 10.8. The summed E-state index contributed by atoms with van der Waals surface area (Å²) >= 11 is 0. The summed E-state index contributed by atoms with van der Waals surface area (Å²) in [4.78, 5) is 14.8. The number of nitro benzene ring substituents is 1. The Morgan fingerprint density at radius 3 is 2.76 bits per heavy atom. The van der Waals surface area contributed by atoms with Crippen LogP contribution in [0.15, 0.2) is 36.5 Å². The van der Waals surface area contributed by atoms with Gasteiger partial charge in [0.25, 0.3) is 5.69 Å². The molecule has 1 N–H and O–H groups in total. The third kappa shape index (κ3) is 2.53. The maximum atomic E-state index is 10.8. The molecule has 0 saturated carbocycles. The first-order chi connectivity index (χ1) is 10.0. The van der Waals surface area contributed by atoms with Gasteiger partial charge < -0.3 is 5.32 Å². The van der Waals surface area contributed by atoms with Crippen molar-refractivity contribution in [2.45, 2.75) is 6.92 Å². The van der Waals surface area contributed by atoms with Gasteiger partial charge in [0.05, 0.1) is 21.8 Å². The lowest BCUT2D eigenvalue weighted by atomic mass is 10.2. The predicted molar refractivity (Wildman–Crippen MR) is 79.6 cm³/mol. The third-order valence-electron chi connectivity index (χ3n) is 3.16. The van der Waals surface area contributed by atoms with Gasteiger partial charge in [0.1, 0.15) is 5.82 Å². The van der Waals surface area contributed by atoms with Crippen LogP contribution in [0, 0.1) is 17.0 Å². The number of fused-ring (bicyclic) bond motifs is 1. The Hall–Kier alpha value is -2.96. The number of aryl methyl sites for hydroxylation is 2. The molecule has 1 aromatic carbocycles. The molecule has 0 fully saturated rings. The van der Waals surface area contributed by atoms with Crippen LogP contribution in [-0.2, 0) is 7.05 Å². The first-order valence-corrected chi connectivity index (χ1v) is 6.35. The van der Waals surface area contributed by atoms with Gasteiger partial charge in [-0.05, 0) is 25.1 Å². The fraction of sp³-hybridized carbons (Fsp3) is 0.143. The number of hydrogen-bond donors (Lipinski definition) is 1. The topological polar surface area (TPSA) is 85.9 Å².